The molecule has 0 bridgehead atoms. The first-order chi connectivity index (χ1) is 8.22. The molecule has 0 unspecified atom stereocenters. The molecule has 0 saturated carbocycles. The van der Waals surface area contributed by atoms with Crippen LogP contribution >= 0.6 is 23.2 Å². The molecular weight excluding hydrogens is 259 g/mol. The fourth-order valence-electron chi connectivity index (χ4n) is 1.35. The Morgan fingerprint density at radius 1 is 1.00 bits per heavy atom. The van der Waals surface area contributed by atoms with Crippen LogP contribution in [0.25, 0.3) is 0 Å². The number of hydrogen-bond acceptors (Lipinski definition) is 2. The van der Waals surface area contributed by atoms with Crippen molar-refractivity contribution < 1.29 is 9.53 Å². The van der Waals surface area contributed by atoms with Crippen molar-refractivity contribution in [1.82, 2.24) is 0 Å². The van der Waals surface area contributed by atoms with E-state index >= 15 is 0 Å². The molecule has 86 valence electrons. The van der Waals surface area contributed by atoms with Gasteiger partial charge in [0.05, 0.1) is 15.6 Å². The van der Waals surface area contributed by atoms with Crippen LogP contribution in [-0.4, -0.2) is 6.29 Å². The topological polar surface area (TPSA) is 26.3 Å². The number of carbonyl (C=O) groups excluding carboxylic acids is 1. The van der Waals surface area contributed by atoms with E-state index < -0.39 is 0 Å². The third kappa shape index (κ3) is 2.60. The van der Waals surface area contributed by atoms with Gasteiger partial charge in [0.2, 0.25) is 0 Å². The molecular formula is C13H8Cl2O2. The lowest BCUT2D eigenvalue weighted by Gasteiger charge is -2.09. The Labute approximate surface area is 109 Å². The molecule has 0 radical (unpaired) electrons. The van der Waals surface area contributed by atoms with Crippen molar-refractivity contribution in [2.45, 2.75) is 0 Å². The number of carbonyl (C=O) groups is 1. The maximum atomic E-state index is 10.8. The predicted molar refractivity (Wildman–Crippen MR) is 68.4 cm³/mol. The standard InChI is InChI=1S/C13H8Cl2O2/c14-11-6-7-12(13(15)10(11)8-16)17-9-4-2-1-3-5-9/h1-8H. The number of aldehydes is 1. The van der Waals surface area contributed by atoms with Crippen LogP contribution in [0, 0.1) is 0 Å². The lowest BCUT2D eigenvalue weighted by Crippen LogP contribution is -1.90. The van der Waals surface area contributed by atoms with Gasteiger partial charge in [-0.1, -0.05) is 41.4 Å². The van der Waals surface area contributed by atoms with Crippen LogP contribution in [0.15, 0.2) is 42.5 Å². The van der Waals surface area contributed by atoms with Crippen LogP contribution in [0.5, 0.6) is 11.5 Å². The first-order valence-electron chi connectivity index (χ1n) is 4.88. The molecule has 4 heteroatoms. The van der Waals surface area contributed by atoms with Crippen LogP contribution in [0.1, 0.15) is 10.4 Å². The van der Waals surface area contributed by atoms with Gasteiger partial charge < -0.3 is 4.74 Å². The van der Waals surface area contributed by atoms with Gasteiger partial charge >= 0.3 is 0 Å². The highest BCUT2D eigenvalue weighted by Crippen LogP contribution is 2.34. The van der Waals surface area contributed by atoms with Gasteiger partial charge in [-0.25, -0.2) is 0 Å². The van der Waals surface area contributed by atoms with Crippen LogP contribution < -0.4 is 4.74 Å². The number of ether oxygens (including phenoxy) is 1. The number of para-hydroxylation sites is 1. The normalized spacial score (nSPS) is 10.0. The highest BCUT2D eigenvalue weighted by atomic mass is 35.5. The number of halogens is 2. The minimum absolute atomic E-state index is 0.219. The second-order valence-corrected chi connectivity index (χ2v) is 4.09. The Balaban J connectivity index is 2.37. The molecule has 2 aromatic rings. The third-order valence-electron chi connectivity index (χ3n) is 2.18. The summed E-state index contributed by atoms with van der Waals surface area (Å²) in [6, 6.07) is 12.4. The SMILES string of the molecule is O=Cc1c(Cl)ccc(Oc2ccccc2)c1Cl. The fraction of sp³-hybridized carbons (Fsp3) is 0. The van der Waals surface area contributed by atoms with Crippen molar-refractivity contribution in [3.63, 3.8) is 0 Å². The van der Waals surface area contributed by atoms with Crippen molar-refractivity contribution in [3.05, 3.63) is 58.1 Å². The summed E-state index contributed by atoms with van der Waals surface area (Å²) in [5.74, 6) is 1.05. The molecule has 0 heterocycles. The maximum Gasteiger partial charge on any atom is 0.153 e. The van der Waals surface area contributed by atoms with E-state index in [4.69, 9.17) is 27.9 Å². The van der Waals surface area contributed by atoms with Crippen LogP contribution in [-0.2, 0) is 0 Å². The van der Waals surface area contributed by atoms with Crippen LogP contribution in [0.4, 0.5) is 0 Å². The molecule has 0 aliphatic heterocycles. The number of benzene rings is 2. The average molecular weight is 267 g/mol. The first kappa shape index (κ1) is 12.0. The minimum Gasteiger partial charge on any atom is -0.456 e. The zero-order chi connectivity index (χ0) is 12.3. The van der Waals surface area contributed by atoms with E-state index in [1.165, 1.54) is 0 Å². The molecule has 0 fully saturated rings. The summed E-state index contributed by atoms with van der Waals surface area (Å²) in [6.45, 7) is 0. The van der Waals surface area contributed by atoms with Gasteiger partial charge in [0.15, 0.2) is 6.29 Å². The Bertz CT molecular complexity index is 539. The third-order valence-corrected chi connectivity index (χ3v) is 2.90. The monoisotopic (exact) mass is 266 g/mol. The highest BCUT2D eigenvalue weighted by Gasteiger charge is 2.11. The Hall–Kier alpha value is -1.51. The summed E-state index contributed by atoms with van der Waals surface area (Å²) < 4.78 is 5.56. The van der Waals surface area contributed by atoms with Crippen LogP contribution in [0.2, 0.25) is 10.0 Å². The van der Waals surface area contributed by atoms with Crippen LogP contribution in [0.3, 0.4) is 0 Å². The molecule has 0 amide bonds. The van der Waals surface area contributed by atoms with Crippen molar-refractivity contribution in [1.29, 1.82) is 0 Å². The van der Waals surface area contributed by atoms with E-state index in [1.807, 2.05) is 18.2 Å². The van der Waals surface area contributed by atoms with Gasteiger partial charge in [-0.15, -0.1) is 0 Å². The molecule has 2 nitrogen and oxygen atoms in total. The Morgan fingerprint density at radius 2 is 1.71 bits per heavy atom. The largest absolute Gasteiger partial charge is 0.456 e. The molecule has 0 aliphatic rings. The molecule has 0 atom stereocenters. The summed E-state index contributed by atoms with van der Waals surface area (Å²) in [4.78, 5) is 10.8. The van der Waals surface area contributed by atoms with Gasteiger partial charge in [-0.05, 0) is 24.3 Å². The molecule has 0 aliphatic carbocycles. The lowest BCUT2D eigenvalue weighted by atomic mass is 10.2. The second-order valence-electron chi connectivity index (χ2n) is 3.31. The summed E-state index contributed by atoms with van der Waals surface area (Å²) in [6.07, 6.45) is 0.614. The quantitative estimate of drug-likeness (QED) is 0.760. The highest BCUT2D eigenvalue weighted by molar-refractivity contribution is 6.39. The molecule has 2 aromatic carbocycles. The van der Waals surface area contributed by atoms with Crippen molar-refractivity contribution in [2.24, 2.45) is 0 Å². The first-order valence-corrected chi connectivity index (χ1v) is 5.64. The Morgan fingerprint density at radius 3 is 2.35 bits per heavy atom. The van der Waals surface area contributed by atoms with Gasteiger partial charge in [-0.3, -0.25) is 4.79 Å². The van der Waals surface area contributed by atoms with E-state index in [9.17, 15) is 4.79 Å². The molecule has 0 saturated heterocycles. The number of hydrogen-bond donors (Lipinski definition) is 0. The van der Waals surface area contributed by atoms with Gasteiger partial charge in [0, 0.05) is 0 Å². The summed E-state index contributed by atoms with van der Waals surface area (Å²) in [5.41, 5.74) is 0.238. The summed E-state index contributed by atoms with van der Waals surface area (Å²) >= 11 is 11.9. The minimum atomic E-state index is 0.219. The zero-order valence-electron chi connectivity index (χ0n) is 8.69. The van der Waals surface area contributed by atoms with E-state index in [0.717, 1.165) is 0 Å². The molecule has 0 aromatic heterocycles. The van der Waals surface area contributed by atoms with E-state index in [1.54, 1.807) is 24.3 Å². The average Bonchev–Trinajstić information content (AvgIpc) is 2.35. The summed E-state index contributed by atoms with van der Waals surface area (Å²) in [7, 11) is 0. The van der Waals surface area contributed by atoms with Crippen molar-refractivity contribution in [3.8, 4) is 11.5 Å². The summed E-state index contributed by atoms with van der Waals surface area (Å²) in [5, 5.41) is 0.529. The van der Waals surface area contributed by atoms with Gasteiger partial charge in [0.1, 0.15) is 11.5 Å². The van der Waals surface area contributed by atoms with E-state index in [2.05, 4.69) is 0 Å². The Kier molecular flexibility index (Phi) is 3.67. The number of rotatable bonds is 3. The molecule has 0 spiro atoms. The van der Waals surface area contributed by atoms with E-state index in [0.29, 0.717) is 22.8 Å². The van der Waals surface area contributed by atoms with Crippen molar-refractivity contribution in [2.75, 3.05) is 0 Å². The van der Waals surface area contributed by atoms with Gasteiger partial charge in [-0.2, -0.15) is 0 Å². The molecule has 17 heavy (non-hydrogen) atoms. The molecule has 2 rings (SSSR count). The lowest BCUT2D eigenvalue weighted by molar-refractivity contribution is 0.112. The van der Waals surface area contributed by atoms with Gasteiger partial charge in [0.25, 0.3) is 0 Å². The molecule has 0 N–H and O–H groups in total. The smallest absolute Gasteiger partial charge is 0.153 e. The fourth-order valence-corrected chi connectivity index (χ4v) is 1.85. The predicted octanol–water partition coefficient (Wildman–Crippen LogP) is 4.60. The van der Waals surface area contributed by atoms with E-state index in [-0.39, 0.29) is 10.6 Å². The second kappa shape index (κ2) is 5.21. The maximum absolute atomic E-state index is 10.8. The zero-order valence-corrected chi connectivity index (χ0v) is 10.2. The van der Waals surface area contributed by atoms with Crippen molar-refractivity contribution >= 4 is 29.5 Å².